The van der Waals surface area contributed by atoms with Crippen molar-refractivity contribution in [2.75, 3.05) is 27.7 Å². The maximum Gasteiger partial charge on any atom is 0.00895 e. The molecule has 0 aromatic heterocycles. The summed E-state index contributed by atoms with van der Waals surface area (Å²) in [6.45, 7) is 3.41. The molecule has 1 atom stereocenters. The summed E-state index contributed by atoms with van der Waals surface area (Å²) in [6, 6.07) is 0.781. The second-order valence-corrected chi connectivity index (χ2v) is 3.65. The van der Waals surface area contributed by atoms with E-state index in [0.29, 0.717) is 0 Å². The lowest BCUT2D eigenvalue weighted by Crippen LogP contribution is -2.28. The first-order chi connectivity index (χ1) is 5.72. The molecule has 0 aliphatic heterocycles. The Morgan fingerprint density at radius 2 is 1.92 bits per heavy atom. The van der Waals surface area contributed by atoms with Crippen LogP contribution in [0.2, 0.25) is 0 Å². The Kier molecular flexibility index (Phi) is 7.51. The maximum absolute atomic E-state index is 3.19. The lowest BCUT2D eigenvalue weighted by molar-refractivity contribution is 0.258. The molecule has 0 radical (unpaired) electrons. The van der Waals surface area contributed by atoms with Crippen molar-refractivity contribution in [3.63, 3.8) is 0 Å². The summed E-state index contributed by atoms with van der Waals surface area (Å²) in [5.41, 5.74) is 0. The molecule has 0 rings (SSSR count). The molecule has 0 fully saturated rings. The van der Waals surface area contributed by atoms with Crippen molar-refractivity contribution in [2.24, 2.45) is 0 Å². The van der Waals surface area contributed by atoms with Crippen molar-refractivity contribution in [1.82, 2.24) is 10.2 Å². The molecule has 0 heterocycles. The monoisotopic (exact) mass is 172 g/mol. The van der Waals surface area contributed by atoms with Gasteiger partial charge in [0.05, 0.1) is 0 Å². The molecule has 0 aromatic rings. The van der Waals surface area contributed by atoms with Crippen molar-refractivity contribution < 1.29 is 0 Å². The quantitative estimate of drug-likeness (QED) is 0.588. The summed E-state index contributed by atoms with van der Waals surface area (Å²) in [5.74, 6) is 0. The fraction of sp³-hybridized carbons (Fsp3) is 1.00. The summed E-state index contributed by atoms with van der Waals surface area (Å²) in [5, 5.41) is 3.19. The van der Waals surface area contributed by atoms with E-state index in [2.05, 4.69) is 31.2 Å². The number of nitrogens with one attached hydrogen (secondary N) is 1. The van der Waals surface area contributed by atoms with E-state index in [1.807, 2.05) is 7.05 Å². The number of hydrogen-bond donors (Lipinski definition) is 1. The molecule has 0 spiro atoms. The van der Waals surface area contributed by atoms with E-state index in [0.717, 1.165) is 12.6 Å². The SMILES string of the molecule is CCCC(CCCNC)N(C)C. The van der Waals surface area contributed by atoms with Crippen LogP contribution in [0, 0.1) is 0 Å². The van der Waals surface area contributed by atoms with Gasteiger partial charge in [-0.3, -0.25) is 0 Å². The first kappa shape index (κ1) is 11.9. The Morgan fingerprint density at radius 1 is 1.25 bits per heavy atom. The lowest BCUT2D eigenvalue weighted by atomic mass is 10.1. The number of hydrogen-bond acceptors (Lipinski definition) is 2. The van der Waals surface area contributed by atoms with Gasteiger partial charge in [-0.05, 0) is 47.0 Å². The van der Waals surface area contributed by atoms with E-state index in [1.54, 1.807) is 0 Å². The maximum atomic E-state index is 3.19. The Bertz CT molecular complexity index is 91.8. The van der Waals surface area contributed by atoms with Crippen molar-refractivity contribution in [2.45, 2.75) is 38.6 Å². The average Bonchev–Trinajstić information content (AvgIpc) is 2.03. The van der Waals surface area contributed by atoms with Crippen LogP contribution in [0.1, 0.15) is 32.6 Å². The Balaban J connectivity index is 3.49. The Morgan fingerprint density at radius 3 is 2.33 bits per heavy atom. The highest BCUT2D eigenvalue weighted by Crippen LogP contribution is 2.09. The molecule has 74 valence electrons. The first-order valence-electron chi connectivity index (χ1n) is 5.03. The molecule has 0 aromatic carbocycles. The van der Waals surface area contributed by atoms with Crippen molar-refractivity contribution >= 4 is 0 Å². The zero-order chi connectivity index (χ0) is 9.40. The van der Waals surface area contributed by atoms with Gasteiger partial charge in [0, 0.05) is 6.04 Å². The normalized spacial score (nSPS) is 13.8. The average molecular weight is 172 g/mol. The van der Waals surface area contributed by atoms with Crippen LogP contribution in [0.15, 0.2) is 0 Å². The van der Waals surface area contributed by atoms with Crippen LogP contribution in [0.4, 0.5) is 0 Å². The molecular weight excluding hydrogens is 148 g/mol. The number of nitrogens with zero attached hydrogens (tertiary/aromatic N) is 1. The van der Waals surface area contributed by atoms with Crippen LogP contribution >= 0.6 is 0 Å². The van der Waals surface area contributed by atoms with Gasteiger partial charge in [0.1, 0.15) is 0 Å². The molecule has 0 amide bonds. The molecule has 0 aliphatic carbocycles. The van der Waals surface area contributed by atoms with Gasteiger partial charge in [-0.25, -0.2) is 0 Å². The topological polar surface area (TPSA) is 15.3 Å². The fourth-order valence-electron chi connectivity index (χ4n) is 1.51. The highest BCUT2D eigenvalue weighted by molar-refractivity contribution is 4.65. The van der Waals surface area contributed by atoms with Gasteiger partial charge in [-0.2, -0.15) is 0 Å². The van der Waals surface area contributed by atoms with E-state index in [4.69, 9.17) is 0 Å². The predicted octanol–water partition coefficient (Wildman–Crippen LogP) is 1.72. The molecular formula is C10H24N2. The second kappa shape index (κ2) is 7.56. The third kappa shape index (κ3) is 5.56. The first-order valence-corrected chi connectivity index (χ1v) is 5.03. The van der Waals surface area contributed by atoms with E-state index >= 15 is 0 Å². The molecule has 1 unspecified atom stereocenters. The Labute approximate surface area is 77.3 Å². The smallest absolute Gasteiger partial charge is 0.00895 e. The number of rotatable bonds is 7. The lowest BCUT2D eigenvalue weighted by Gasteiger charge is -2.23. The van der Waals surface area contributed by atoms with Gasteiger partial charge in [0.2, 0.25) is 0 Å². The molecule has 2 nitrogen and oxygen atoms in total. The van der Waals surface area contributed by atoms with Crippen molar-refractivity contribution in [3.05, 3.63) is 0 Å². The van der Waals surface area contributed by atoms with Gasteiger partial charge in [-0.15, -0.1) is 0 Å². The molecule has 0 aliphatic rings. The molecule has 1 N–H and O–H groups in total. The highest BCUT2D eigenvalue weighted by Gasteiger charge is 2.08. The summed E-state index contributed by atoms with van der Waals surface area (Å²) in [6.07, 6.45) is 5.24. The zero-order valence-electron chi connectivity index (χ0n) is 9.06. The summed E-state index contributed by atoms with van der Waals surface area (Å²) in [7, 11) is 6.38. The zero-order valence-corrected chi connectivity index (χ0v) is 9.06. The van der Waals surface area contributed by atoms with Gasteiger partial charge < -0.3 is 10.2 Å². The minimum atomic E-state index is 0.781. The summed E-state index contributed by atoms with van der Waals surface area (Å²) in [4.78, 5) is 2.35. The molecule has 0 bridgehead atoms. The molecule has 12 heavy (non-hydrogen) atoms. The Hall–Kier alpha value is -0.0800. The van der Waals surface area contributed by atoms with Crippen molar-refractivity contribution in [3.8, 4) is 0 Å². The van der Waals surface area contributed by atoms with Gasteiger partial charge in [0.15, 0.2) is 0 Å². The van der Waals surface area contributed by atoms with Gasteiger partial charge in [0.25, 0.3) is 0 Å². The van der Waals surface area contributed by atoms with Crippen LogP contribution in [0.3, 0.4) is 0 Å². The fourth-order valence-corrected chi connectivity index (χ4v) is 1.51. The molecule has 0 saturated heterocycles. The molecule has 2 heteroatoms. The van der Waals surface area contributed by atoms with Crippen LogP contribution in [-0.2, 0) is 0 Å². The minimum absolute atomic E-state index is 0.781. The highest BCUT2D eigenvalue weighted by atomic mass is 15.1. The van der Waals surface area contributed by atoms with Gasteiger partial charge >= 0.3 is 0 Å². The van der Waals surface area contributed by atoms with Crippen molar-refractivity contribution in [1.29, 1.82) is 0 Å². The third-order valence-corrected chi connectivity index (χ3v) is 2.32. The van der Waals surface area contributed by atoms with Crippen LogP contribution < -0.4 is 5.32 Å². The van der Waals surface area contributed by atoms with Crippen LogP contribution in [0.25, 0.3) is 0 Å². The van der Waals surface area contributed by atoms with E-state index in [-0.39, 0.29) is 0 Å². The van der Waals surface area contributed by atoms with Gasteiger partial charge in [-0.1, -0.05) is 13.3 Å². The third-order valence-electron chi connectivity index (χ3n) is 2.32. The standard InChI is InChI=1S/C10H24N2/c1-5-7-10(12(3)4)8-6-9-11-2/h10-11H,5-9H2,1-4H3. The van der Waals surface area contributed by atoms with Crippen LogP contribution in [-0.4, -0.2) is 38.6 Å². The van der Waals surface area contributed by atoms with Crippen LogP contribution in [0.5, 0.6) is 0 Å². The largest absolute Gasteiger partial charge is 0.320 e. The van der Waals surface area contributed by atoms with E-state index < -0.39 is 0 Å². The minimum Gasteiger partial charge on any atom is -0.320 e. The predicted molar refractivity (Wildman–Crippen MR) is 55.5 cm³/mol. The van der Waals surface area contributed by atoms with E-state index in [1.165, 1.54) is 25.7 Å². The molecule has 0 saturated carbocycles. The summed E-state index contributed by atoms with van der Waals surface area (Å²) >= 11 is 0. The summed E-state index contributed by atoms with van der Waals surface area (Å²) < 4.78 is 0. The van der Waals surface area contributed by atoms with E-state index in [9.17, 15) is 0 Å². The second-order valence-electron chi connectivity index (χ2n) is 3.65.